The molecule has 0 bridgehead atoms. The van der Waals surface area contributed by atoms with Crippen molar-refractivity contribution in [3.05, 3.63) is 59.4 Å². The minimum absolute atomic E-state index is 0.0218. The number of amides is 2. The Labute approximate surface area is 169 Å². The van der Waals surface area contributed by atoms with Gasteiger partial charge in [-0.1, -0.05) is 12.1 Å². The molecular weight excluding hydrogens is 375 g/mol. The summed E-state index contributed by atoms with van der Waals surface area (Å²) in [4.78, 5) is 28.8. The second-order valence-electron chi connectivity index (χ2n) is 6.77. The SMILES string of the molecule is CCOc1ccc(C(=O)N2CCN(C(=O)Cc3ccc(F)cc3)CC2)cc1OC. The van der Waals surface area contributed by atoms with E-state index in [1.54, 1.807) is 40.1 Å². The van der Waals surface area contributed by atoms with Crippen molar-refractivity contribution in [2.75, 3.05) is 39.9 Å². The van der Waals surface area contributed by atoms with Crippen LogP contribution in [-0.4, -0.2) is 61.5 Å². The second-order valence-corrected chi connectivity index (χ2v) is 6.77. The van der Waals surface area contributed by atoms with Crippen molar-refractivity contribution in [1.82, 2.24) is 9.80 Å². The Morgan fingerprint density at radius 2 is 1.62 bits per heavy atom. The number of rotatable bonds is 6. The fourth-order valence-corrected chi connectivity index (χ4v) is 3.31. The van der Waals surface area contributed by atoms with Gasteiger partial charge in [0, 0.05) is 31.7 Å². The Bertz CT molecular complexity index is 862. The molecule has 0 radical (unpaired) electrons. The molecule has 0 N–H and O–H groups in total. The van der Waals surface area contributed by atoms with Crippen LogP contribution in [0.5, 0.6) is 11.5 Å². The fraction of sp³-hybridized carbons (Fsp3) is 0.364. The summed E-state index contributed by atoms with van der Waals surface area (Å²) in [6.07, 6.45) is 0.227. The van der Waals surface area contributed by atoms with Crippen LogP contribution in [0.3, 0.4) is 0 Å². The van der Waals surface area contributed by atoms with Crippen molar-refractivity contribution >= 4 is 11.8 Å². The van der Waals surface area contributed by atoms with Crippen LogP contribution in [0.4, 0.5) is 4.39 Å². The van der Waals surface area contributed by atoms with Crippen LogP contribution in [0.2, 0.25) is 0 Å². The first-order valence-electron chi connectivity index (χ1n) is 9.64. The topological polar surface area (TPSA) is 59.1 Å². The number of methoxy groups -OCH3 is 1. The van der Waals surface area contributed by atoms with Crippen molar-refractivity contribution in [3.63, 3.8) is 0 Å². The molecule has 1 aliphatic heterocycles. The van der Waals surface area contributed by atoms with Crippen LogP contribution in [0.1, 0.15) is 22.8 Å². The first kappa shape index (κ1) is 20.6. The van der Waals surface area contributed by atoms with Crippen LogP contribution in [0, 0.1) is 5.82 Å². The molecule has 2 amide bonds. The monoisotopic (exact) mass is 400 g/mol. The maximum Gasteiger partial charge on any atom is 0.254 e. The van der Waals surface area contributed by atoms with Gasteiger partial charge in [0.2, 0.25) is 5.91 Å². The lowest BCUT2D eigenvalue weighted by molar-refractivity contribution is -0.131. The Morgan fingerprint density at radius 1 is 0.966 bits per heavy atom. The van der Waals surface area contributed by atoms with E-state index in [1.807, 2.05) is 6.92 Å². The summed E-state index contributed by atoms with van der Waals surface area (Å²) in [7, 11) is 1.54. The predicted molar refractivity (Wildman–Crippen MR) is 107 cm³/mol. The van der Waals surface area contributed by atoms with Crippen LogP contribution in [-0.2, 0) is 11.2 Å². The third kappa shape index (κ3) is 5.04. The Hall–Kier alpha value is -3.09. The highest BCUT2D eigenvalue weighted by molar-refractivity contribution is 5.95. The molecule has 7 heteroatoms. The van der Waals surface area contributed by atoms with Crippen LogP contribution in [0.25, 0.3) is 0 Å². The van der Waals surface area contributed by atoms with E-state index in [1.165, 1.54) is 19.2 Å². The third-order valence-electron chi connectivity index (χ3n) is 4.90. The largest absolute Gasteiger partial charge is 0.493 e. The number of halogens is 1. The lowest BCUT2D eigenvalue weighted by Gasteiger charge is -2.35. The quantitative estimate of drug-likeness (QED) is 0.748. The number of piperazine rings is 1. The van der Waals surface area contributed by atoms with E-state index in [9.17, 15) is 14.0 Å². The smallest absolute Gasteiger partial charge is 0.254 e. The van der Waals surface area contributed by atoms with Crippen LogP contribution in [0.15, 0.2) is 42.5 Å². The molecule has 2 aromatic rings. The van der Waals surface area contributed by atoms with Gasteiger partial charge in [-0.3, -0.25) is 9.59 Å². The molecule has 6 nitrogen and oxygen atoms in total. The zero-order valence-corrected chi connectivity index (χ0v) is 16.7. The molecular formula is C22H25FN2O4. The molecule has 0 spiro atoms. The van der Waals surface area contributed by atoms with Crippen molar-refractivity contribution in [3.8, 4) is 11.5 Å². The maximum atomic E-state index is 13.0. The standard InChI is InChI=1S/C22H25FN2O4/c1-3-29-19-9-6-17(15-20(19)28-2)22(27)25-12-10-24(11-13-25)21(26)14-16-4-7-18(23)8-5-16/h4-9,15H,3,10-14H2,1-2H3. The van der Waals surface area contributed by atoms with Gasteiger partial charge in [-0.25, -0.2) is 4.39 Å². The number of ether oxygens (including phenoxy) is 2. The van der Waals surface area contributed by atoms with Gasteiger partial charge in [-0.05, 0) is 42.8 Å². The Balaban J connectivity index is 1.57. The van der Waals surface area contributed by atoms with Crippen LogP contribution < -0.4 is 9.47 Å². The first-order valence-corrected chi connectivity index (χ1v) is 9.64. The molecule has 0 aromatic heterocycles. The van der Waals surface area contributed by atoms with Gasteiger partial charge in [-0.15, -0.1) is 0 Å². The summed E-state index contributed by atoms with van der Waals surface area (Å²) >= 11 is 0. The molecule has 0 aliphatic carbocycles. The van der Waals surface area contributed by atoms with E-state index < -0.39 is 0 Å². The van der Waals surface area contributed by atoms with Crippen molar-refractivity contribution in [2.24, 2.45) is 0 Å². The van der Waals surface area contributed by atoms with Gasteiger partial charge < -0.3 is 19.3 Å². The molecule has 0 saturated carbocycles. The van der Waals surface area contributed by atoms with Crippen molar-refractivity contribution in [2.45, 2.75) is 13.3 Å². The molecule has 2 aromatic carbocycles. The molecule has 29 heavy (non-hydrogen) atoms. The van der Waals surface area contributed by atoms with Gasteiger partial charge in [-0.2, -0.15) is 0 Å². The molecule has 1 heterocycles. The summed E-state index contributed by atoms with van der Waals surface area (Å²) in [6, 6.07) is 11.1. The first-order chi connectivity index (χ1) is 14.0. The van der Waals surface area contributed by atoms with Crippen LogP contribution >= 0.6 is 0 Å². The zero-order chi connectivity index (χ0) is 20.8. The molecule has 1 aliphatic rings. The van der Waals surface area contributed by atoms with E-state index in [0.717, 1.165) is 5.56 Å². The Morgan fingerprint density at radius 3 is 2.24 bits per heavy atom. The summed E-state index contributed by atoms with van der Waals surface area (Å²) < 4.78 is 23.8. The predicted octanol–water partition coefficient (Wildman–Crippen LogP) is 2.76. The second kappa shape index (κ2) is 9.41. The normalized spacial score (nSPS) is 13.9. The van der Waals surface area contributed by atoms with E-state index in [0.29, 0.717) is 49.8 Å². The molecule has 1 saturated heterocycles. The van der Waals surface area contributed by atoms with E-state index in [4.69, 9.17) is 9.47 Å². The zero-order valence-electron chi connectivity index (χ0n) is 16.7. The van der Waals surface area contributed by atoms with Gasteiger partial charge >= 0.3 is 0 Å². The molecule has 1 fully saturated rings. The highest BCUT2D eigenvalue weighted by Gasteiger charge is 2.25. The highest BCUT2D eigenvalue weighted by Crippen LogP contribution is 2.28. The lowest BCUT2D eigenvalue weighted by atomic mass is 10.1. The molecule has 3 rings (SSSR count). The molecule has 0 atom stereocenters. The summed E-state index contributed by atoms with van der Waals surface area (Å²) in [5.74, 6) is 0.677. The Kier molecular flexibility index (Phi) is 6.69. The number of carbonyl (C=O) groups is 2. The average molecular weight is 400 g/mol. The summed E-state index contributed by atoms with van der Waals surface area (Å²) in [5, 5.41) is 0. The number of benzene rings is 2. The minimum Gasteiger partial charge on any atom is -0.493 e. The third-order valence-corrected chi connectivity index (χ3v) is 4.90. The maximum absolute atomic E-state index is 13.0. The fourth-order valence-electron chi connectivity index (χ4n) is 3.31. The van der Waals surface area contributed by atoms with E-state index in [2.05, 4.69) is 0 Å². The minimum atomic E-state index is -0.320. The summed E-state index contributed by atoms with van der Waals surface area (Å²) in [6.45, 7) is 4.26. The van der Waals surface area contributed by atoms with Gasteiger partial charge in [0.25, 0.3) is 5.91 Å². The molecule has 154 valence electrons. The van der Waals surface area contributed by atoms with E-state index in [-0.39, 0.29) is 24.1 Å². The number of nitrogens with zero attached hydrogens (tertiary/aromatic N) is 2. The van der Waals surface area contributed by atoms with Crippen molar-refractivity contribution in [1.29, 1.82) is 0 Å². The number of carbonyl (C=O) groups excluding carboxylic acids is 2. The van der Waals surface area contributed by atoms with Crippen molar-refractivity contribution < 1.29 is 23.5 Å². The molecule has 0 unspecified atom stereocenters. The number of hydrogen-bond donors (Lipinski definition) is 0. The summed E-state index contributed by atoms with van der Waals surface area (Å²) in [5.41, 5.74) is 1.30. The lowest BCUT2D eigenvalue weighted by Crippen LogP contribution is -2.51. The average Bonchev–Trinajstić information content (AvgIpc) is 2.75. The number of hydrogen-bond acceptors (Lipinski definition) is 4. The van der Waals surface area contributed by atoms with Gasteiger partial charge in [0.15, 0.2) is 11.5 Å². The van der Waals surface area contributed by atoms with Gasteiger partial charge in [0.1, 0.15) is 5.82 Å². The van der Waals surface area contributed by atoms with Gasteiger partial charge in [0.05, 0.1) is 20.1 Å². The van der Waals surface area contributed by atoms with E-state index >= 15 is 0 Å². The highest BCUT2D eigenvalue weighted by atomic mass is 19.1.